The highest BCUT2D eigenvalue weighted by molar-refractivity contribution is 7.22. The van der Waals surface area contributed by atoms with Crippen LogP contribution in [0.15, 0.2) is 42.5 Å². The van der Waals surface area contributed by atoms with Gasteiger partial charge in [0, 0.05) is 0 Å². The summed E-state index contributed by atoms with van der Waals surface area (Å²) in [7, 11) is 0. The van der Waals surface area contributed by atoms with E-state index in [0.29, 0.717) is 5.52 Å². The molecule has 0 aliphatic heterocycles. The number of hydrogen-bond donors (Lipinski definition) is 2. The number of urea groups is 1. The van der Waals surface area contributed by atoms with Crippen LogP contribution < -0.4 is 10.6 Å². The molecule has 0 saturated carbocycles. The molecule has 0 radical (unpaired) electrons. The lowest BCUT2D eigenvalue weighted by atomic mass is 10.2. The smallest absolute Gasteiger partial charge is 0.283 e. The molecular formula is C15H9F2N3O2S. The number of carbonyl (C=O) groups excluding carboxylic acids is 2. The number of para-hydroxylation sites is 1. The molecule has 5 nitrogen and oxygen atoms in total. The molecule has 0 saturated heterocycles. The summed E-state index contributed by atoms with van der Waals surface area (Å²) >= 11 is 1.21. The number of carbonyl (C=O) groups is 2. The van der Waals surface area contributed by atoms with Crippen molar-refractivity contribution < 1.29 is 18.4 Å². The Labute approximate surface area is 133 Å². The van der Waals surface area contributed by atoms with E-state index >= 15 is 0 Å². The number of anilines is 1. The molecule has 3 aromatic rings. The molecule has 0 unspecified atom stereocenters. The topological polar surface area (TPSA) is 71.1 Å². The van der Waals surface area contributed by atoms with E-state index in [1.165, 1.54) is 11.3 Å². The van der Waals surface area contributed by atoms with Gasteiger partial charge in [-0.2, -0.15) is 0 Å². The van der Waals surface area contributed by atoms with Crippen molar-refractivity contribution in [2.45, 2.75) is 0 Å². The SMILES string of the molecule is O=C(NC(=O)c1c(F)cccc1F)Nc1nc2ccccc2s1. The van der Waals surface area contributed by atoms with Gasteiger partial charge in [-0.1, -0.05) is 29.5 Å². The summed E-state index contributed by atoms with van der Waals surface area (Å²) in [5, 5.41) is 4.50. The molecule has 0 bridgehead atoms. The second kappa shape index (κ2) is 6.09. The second-order valence-electron chi connectivity index (χ2n) is 4.49. The van der Waals surface area contributed by atoms with Crippen LogP contribution in [0.25, 0.3) is 10.2 Å². The summed E-state index contributed by atoms with van der Waals surface area (Å²) in [5.41, 5.74) is -0.119. The molecule has 1 heterocycles. The Morgan fingerprint density at radius 1 is 1.00 bits per heavy atom. The number of fused-ring (bicyclic) bond motifs is 1. The van der Waals surface area contributed by atoms with Crippen LogP contribution in [0.3, 0.4) is 0 Å². The third-order valence-electron chi connectivity index (χ3n) is 2.93. The van der Waals surface area contributed by atoms with Gasteiger partial charge in [0.25, 0.3) is 5.91 Å². The van der Waals surface area contributed by atoms with Gasteiger partial charge in [-0.3, -0.25) is 15.4 Å². The first kappa shape index (κ1) is 15.0. The highest BCUT2D eigenvalue weighted by atomic mass is 32.1. The number of benzene rings is 2. The summed E-state index contributed by atoms with van der Waals surface area (Å²) in [6.45, 7) is 0. The standard InChI is InChI=1S/C15H9F2N3O2S/c16-8-4-3-5-9(17)12(8)13(21)19-14(22)20-15-18-10-6-1-2-7-11(10)23-15/h1-7H,(H2,18,19,20,21,22). The largest absolute Gasteiger partial charge is 0.327 e. The van der Waals surface area contributed by atoms with E-state index in [2.05, 4.69) is 10.3 Å². The average molecular weight is 333 g/mol. The van der Waals surface area contributed by atoms with Gasteiger partial charge in [0.1, 0.15) is 17.2 Å². The first-order valence-corrected chi connectivity index (χ1v) is 7.28. The molecule has 0 aliphatic rings. The minimum absolute atomic E-state index is 0.269. The molecule has 0 spiro atoms. The maximum atomic E-state index is 13.5. The van der Waals surface area contributed by atoms with E-state index in [-0.39, 0.29) is 5.13 Å². The van der Waals surface area contributed by atoms with Gasteiger partial charge in [-0.05, 0) is 24.3 Å². The third kappa shape index (κ3) is 3.16. The van der Waals surface area contributed by atoms with Crippen molar-refractivity contribution in [2.24, 2.45) is 0 Å². The number of aromatic nitrogens is 1. The Bertz CT molecular complexity index is 857. The molecular weight excluding hydrogens is 324 g/mol. The third-order valence-corrected chi connectivity index (χ3v) is 3.88. The predicted molar refractivity (Wildman–Crippen MR) is 82.5 cm³/mol. The zero-order valence-electron chi connectivity index (χ0n) is 11.5. The molecule has 1 aromatic heterocycles. The number of halogens is 2. The molecule has 8 heteroatoms. The van der Waals surface area contributed by atoms with Crippen molar-refractivity contribution in [1.82, 2.24) is 10.3 Å². The summed E-state index contributed by atoms with van der Waals surface area (Å²) in [5.74, 6) is -3.26. The lowest BCUT2D eigenvalue weighted by Gasteiger charge is -2.06. The van der Waals surface area contributed by atoms with Crippen molar-refractivity contribution in [3.63, 3.8) is 0 Å². The molecule has 2 N–H and O–H groups in total. The van der Waals surface area contributed by atoms with E-state index in [1.54, 1.807) is 12.1 Å². The maximum absolute atomic E-state index is 13.5. The fraction of sp³-hybridized carbons (Fsp3) is 0. The van der Waals surface area contributed by atoms with Gasteiger partial charge in [-0.15, -0.1) is 0 Å². The number of thiazole rings is 1. The van der Waals surface area contributed by atoms with E-state index in [1.807, 2.05) is 17.4 Å². The first-order chi connectivity index (χ1) is 11.0. The zero-order valence-corrected chi connectivity index (χ0v) is 12.3. The van der Waals surface area contributed by atoms with E-state index in [4.69, 9.17) is 0 Å². The predicted octanol–water partition coefficient (Wildman–Crippen LogP) is 3.54. The average Bonchev–Trinajstić information content (AvgIpc) is 2.88. The molecule has 3 amide bonds. The van der Waals surface area contributed by atoms with E-state index < -0.39 is 29.1 Å². The van der Waals surface area contributed by atoms with Crippen LogP contribution in [-0.2, 0) is 0 Å². The van der Waals surface area contributed by atoms with Crippen LogP contribution in [0, 0.1) is 11.6 Å². The summed E-state index contributed by atoms with van der Waals surface area (Å²) in [6.07, 6.45) is 0. The van der Waals surface area contributed by atoms with E-state index in [9.17, 15) is 18.4 Å². The fourth-order valence-corrected chi connectivity index (χ4v) is 2.80. The first-order valence-electron chi connectivity index (χ1n) is 6.46. The lowest BCUT2D eigenvalue weighted by Crippen LogP contribution is -2.35. The van der Waals surface area contributed by atoms with Crippen molar-refractivity contribution in [3.05, 3.63) is 59.7 Å². The quantitative estimate of drug-likeness (QED) is 0.753. The molecule has 0 atom stereocenters. The Kier molecular flexibility index (Phi) is 3.98. The number of imide groups is 1. The fourth-order valence-electron chi connectivity index (χ4n) is 1.93. The summed E-state index contributed by atoms with van der Waals surface area (Å²) in [4.78, 5) is 27.7. The van der Waals surface area contributed by atoms with Crippen LogP contribution in [-0.4, -0.2) is 16.9 Å². The highest BCUT2D eigenvalue weighted by Crippen LogP contribution is 2.25. The number of nitrogens with one attached hydrogen (secondary N) is 2. The summed E-state index contributed by atoms with van der Waals surface area (Å²) < 4.78 is 27.8. The number of rotatable bonds is 2. The van der Waals surface area contributed by atoms with Crippen LogP contribution in [0.5, 0.6) is 0 Å². The Hall–Kier alpha value is -2.87. The van der Waals surface area contributed by atoms with Crippen LogP contribution in [0.2, 0.25) is 0 Å². The number of hydrogen-bond acceptors (Lipinski definition) is 4. The second-order valence-corrected chi connectivity index (χ2v) is 5.52. The van der Waals surface area contributed by atoms with Crippen molar-refractivity contribution in [3.8, 4) is 0 Å². The van der Waals surface area contributed by atoms with Crippen molar-refractivity contribution in [2.75, 3.05) is 5.32 Å². The minimum Gasteiger partial charge on any atom is -0.283 e. The van der Waals surface area contributed by atoms with Crippen LogP contribution in [0.4, 0.5) is 18.7 Å². The van der Waals surface area contributed by atoms with Crippen molar-refractivity contribution in [1.29, 1.82) is 0 Å². The lowest BCUT2D eigenvalue weighted by molar-refractivity contribution is 0.0959. The van der Waals surface area contributed by atoms with Gasteiger partial charge in [0.05, 0.1) is 10.2 Å². The summed E-state index contributed by atoms with van der Waals surface area (Å²) in [6, 6.07) is 9.31. The number of nitrogens with zero attached hydrogens (tertiary/aromatic N) is 1. The normalized spacial score (nSPS) is 10.5. The molecule has 3 rings (SSSR count). The van der Waals surface area contributed by atoms with Gasteiger partial charge in [-0.25, -0.2) is 18.6 Å². The molecule has 2 aromatic carbocycles. The molecule has 0 aliphatic carbocycles. The van der Waals surface area contributed by atoms with Crippen LogP contribution >= 0.6 is 11.3 Å². The Morgan fingerprint density at radius 2 is 1.70 bits per heavy atom. The van der Waals surface area contributed by atoms with Gasteiger partial charge >= 0.3 is 6.03 Å². The highest BCUT2D eigenvalue weighted by Gasteiger charge is 2.19. The molecule has 116 valence electrons. The zero-order chi connectivity index (χ0) is 16.4. The molecule has 0 fully saturated rings. The maximum Gasteiger partial charge on any atom is 0.327 e. The minimum atomic E-state index is -1.17. The van der Waals surface area contributed by atoms with Gasteiger partial charge in [0.2, 0.25) is 0 Å². The van der Waals surface area contributed by atoms with Gasteiger partial charge in [0.15, 0.2) is 5.13 Å². The number of amides is 3. The Balaban J connectivity index is 1.73. The van der Waals surface area contributed by atoms with Gasteiger partial charge < -0.3 is 0 Å². The van der Waals surface area contributed by atoms with Crippen LogP contribution in [0.1, 0.15) is 10.4 Å². The Morgan fingerprint density at radius 3 is 2.39 bits per heavy atom. The monoisotopic (exact) mass is 333 g/mol. The van der Waals surface area contributed by atoms with E-state index in [0.717, 1.165) is 22.9 Å². The van der Waals surface area contributed by atoms with Crippen molar-refractivity contribution >= 4 is 38.6 Å². The molecule has 23 heavy (non-hydrogen) atoms.